The van der Waals surface area contributed by atoms with Crippen molar-refractivity contribution in [3.05, 3.63) is 35.9 Å². The van der Waals surface area contributed by atoms with Gasteiger partial charge in [0.1, 0.15) is 5.54 Å². The van der Waals surface area contributed by atoms with Crippen LogP contribution in [0.2, 0.25) is 0 Å². The number of hydrogen-bond donors (Lipinski definition) is 1. The molecule has 2 aliphatic rings. The third-order valence-corrected chi connectivity index (χ3v) is 3.98. The summed E-state index contributed by atoms with van der Waals surface area (Å²) in [4.78, 5) is 12.4. The molecule has 3 rings (SSSR count). The van der Waals surface area contributed by atoms with E-state index in [1.165, 1.54) is 12.8 Å². The normalized spacial score (nSPS) is 29.3. The summed E-state index contributed by atoms with van der Waals surface area (Å²) in [6.45, 7) is 0. The van der Waals surface area contributed by atoms with Gasteiger partial charge in [0.05, 0.1) is 0 Å². The molecule has 0 bridgehead atoms. The zero-order valence-electron chi connectivity index (χ0n) is 10.1. The van der Waals surface area contributed by atoms with Gasteiger partial charge in [-0.2, -0.15) is 0 Å². The minimum atomic E-state index is -0.374. The Bertz CT molecular complexity index is 410. The van der Waals surface area contributed by atoms with Crippen molar-refractivity contribution < 1.29 is 4.79 Å². The summed E-state index contributed by atoms with van der Waals surface area (Å²) < 4.78 is 0. The maximum Gasteiger partial charge on any atom is 0.157 e. The molecule has 0 saturated heterocycles. The molecule has 1 atom stereocenters. The lowest BCUT2D eigenvalue weighted by Crippen LogP contribution is -2.51. The van der Waals surface area contributed by atoms with Crippen molar-refractivity contribution >= 4 is 5.78 Å². The second-order valence-electron chi connectivity index (χ2n) is 5.32. The van der Waals surface area contributed by atoms with Gasteiger partial charge in [0.25, 0.3) is 0 Å². The number of benzene rings is 1. The molecule has 0 aliphatic heterocycles. The van der Waals surface area contributed by atoms with Crippen LogP contribution in [-0.4, -0.2) is 11.8 Å². The van der Waals surface area contributed by atoms with E-state index < -0.39 is 0 Å². The molecule has 0 aromatic heterocycles. The Kier molecular flexibility index (Phi) is 2.75. The van der Waals surface area contributed by atoms with Crippen LogP contribution in [0, 0.1) is 0 Å². The van der Waals surface area contributed by atoms with E-state index >= 15 is 0 Å². The van der Waals surface area contributed by atoms with Gasteiger partial charge in [-0.15, -0.1) is 0 Å². The van der Waals surface area contributed by atoms with Gasteiger partial charge < -0.3 is 0 Å². The van der Waals surface area contributed by atoms with Gasteiger partial charge >= 0.3 is 0 Å². The summed E-state index contributed by atoms with van der Waals surface area (Å²) in [7, 11) is 0. The van der Waals surface area contributed by atoms with Crippen LogP contribution in [-0.2, 0) is 10.3 Å². The molecule has 0 spiro atoms. The van der Waals surface area contributed by atoms with Crippen molar-refractivity contribution in [1.29, 1.82) is 0 Å². The first kappa shape index (κ1) is 11.0. The van der Waals surface area contributed by atoms with Crippen LogP contribution in [0.1, 0.15) is 44.1 Å². The summed E-state index contributed by atoms with van der Waals surface area (Å²) in [5, 5.41) is 3.62. The van der Waals surface area contributed by atoms with Gasteiger partial charge in [-0.1, -0.05) is 36.8 Å². The van der Waals surface area contributed by atoms with Crippen LogP contribution in [0.3, 0.4) is 0 Å². The number of nitrogens with one attached hydrogen (secondary N) is 1. The van der Waals surface area contributed by atoms with Crippen molar-refractivity contribution in [3.8, 4) is 0 Å². The standard InChI is InChI=1S/C15H19NO/c17-14-8-4-5-11-15(14,16-13-9-10-13)12-6-2-1-3-7-12/h1-3,6-7,13,16H,4-5,8-11H2/t15-/m0/s1. The van der Waals surface area contributed by atoms with Crippen LogP contribution in [0.15, 0.2) is 30.3 Å². The lowest BCUT2D eigenvalue weighted by Gasteiger charge is -2.37. The lowest BCUT2D eigenvalue weighted by atomic mass is 9.75. The Morgan fingerprint density at radius 3 is 2.53 bits per heavy atom. The quantitative estimate of drug-likeness (QED) is 0.863. The molecule has 2 heteroatoms. The number of hydrogen-bond acceptors (Lipinski definition) is 2. The highest BCUT2D eigenvalue weighted by Gasteiger charge is 2.44. The molecule has 0 amide bonds. The molecule has 17 heavy (non-hydrogen) atoms. The lowest BCUT2D eigenvalue weighted by molar-refractivity contribution is -0.128. The van der Waals surface area contributed by atoms with E-state index in [9.17, 15) is 4.79 Å². The van der Waals surface area contributed by atoms with E-state index in [4.69, 9.17) is 0 Å². The van der Waals surface area contributed by atoms with Crippen LogP contribution >= 0.6 is 0 Å². The maximum atomic E-state index is 12.4. The van der Waals surface area contributed by atoms with Crippen molar-refractivity contribution in [3.63, 3.8) is 0 Å². The Hall–Kier alpha value is -1.15. The van der Waals surface area contributed by atoms with Crippen molar-refractivity contribution in [1.82, 2.24) is 5.32 Å². The monoisotopic (exact) mass is 229 g/mol. The summed E-state index contributed by atoms with van der Waals surface area (Å²) >= 11 is 0. The molecular formula is C15H19NO. The van der Waals surface area contributed by atoms with Gasteiger partial charge in [-0.3, -0.25) is 10.1 Å². The first-order valence-corrected chi connectivity index (χ1v) is 6.68. The molecule has 1 N–H and O–H groups in total. The van der Waals surface area contributed by atoms with Crippen molar-refractivity contribution in [2.45, 2.75) is 50.1 Å². The molecule has 2 aliphatic carbocycles. The fourth-order valence-electron chi connectivity index (χ4n) is 2.87. The third kappa shape index (κ3) is 2.02. The Morgan fingerprint density at radius 2 is 1.88 bits per heavy atom. The molecule has 2 fully saturated rings. The number of Topliss-reactive ketones (excluding diaryl/α,β-unsaturated/α-hetero) is 1. The molecule has 90 valence electrons. The summed E-state index contributed by atoms with van der Waals surface area (Å²) in [6.07, 6.45) is 6.35. The second-order valence-corrected chi connectivity index (χ2v) is 5.32. The molecule has 0 heterocycles. The summed E-state index contributed by atoms with van der Waals surface area (Å²) in [6, 6.07) is 10.8. The van der Waals surface area contributed by atoms with Crippen LogP contribution in [0.25, 0.3) is 0 Å². The minimum absolute atomic E-state index is 0.374. The van der Waals surface area contributed by atoms with E-state index in [2.05, 4.69) is 17.4 Å². The molecule has 0 radical (unpaired) electrons. The highest BCUT2D eigenvalue weighted by molar-refractivity contribution is 5.90. The predicted octanol–water partition coefficient (Wildman–Crippen LogP) is 2.78. The van der Waals surface area contributed by atoms with Gasteiger partial charge in [-0.05, 0) is 31.2 Å². The molecular weight excluding hydrogens is 210 g/mol. The predicted molar refractivity (Wildman–Crippen MR) is 67.8 cm³/mol. The molecule has 0 unspecified atom stereocenters. The zero-order valence-corrected chi connectivity index (χ0v) is 10.1. The SMILES string of the molecule is O=C1CCCC[C@]1(NC1CC1)c1ccccc1. The van der Waals surface area contributed by atoms with Crippen molar-refractivity contribution in [2.75, 3.05) is 0 Å². The smallest absolute Gasteiger partial charge is 0.157 e. The fourth-order valence-corrected chi connectivity index (χ4v) is 2.87. The fraction of sp³-hybridized carbons (Fsp3) is 0.533. The Balaban J connectivity index is 1.96. The van der Waals surface area contributed by atoms with Crippen molar-refractivity contribution in [2.24, 2.45) is 0 Å². The summed E-state index contributed by atoms with van der Waals surface area (Å²) in [5.74, 6) is 0.391. The third-order valence-electron chi connectivity index (χ3n) is 3.98. The molecule has 1 aromatic rings. The highest BCUT2D eigenvalue weighted by atomic mass is 16.1. The van der Waals surface area contributed by atoms with E-state index in [0.717, 1.165) is 31.2 Å². The van der Waals surface area contributed by atoms with Gasteiger partial charge in [0.2, 0.25) is 0 Å². The van der Waals surface area contributed by atoms with Gasteiger partial charge in [0.15, 0.2) is 5.78 Å². The van der Waals surface area contributed by atoms with Crippen LogP contribution in [0.5, 0.6) is 0 Å². The Morgan fingerprint density at radius 1 is 1.12 bits per heavy atom. The average Bonchev–Trinajstić information content (AvgIpc) is 3.17. The first-order valence-electron chi connectivity index (χ1n) is 6.68. The molecule has 2 saturated carbocycles. The van der Waals surface area contributed by atoms with Crippen LogP contribution < -0.4 is 5.32 Å². The number of carbonyl (C=O) groups is 1. The largest absolute Gasteiger partial charge is 0.298 e. The number of ketones is 1. The molecule has 1 aromatic carbocycles. The van der Waals surface area contributed by atoms with Gasteiger partial charge in [0, 0.05) is 12.5 Å². The number of rotatable bonds is 3. The van der Waals surface area contributed by atoms with E-state index in [1.54, 1.807) is 0 Å². The van der Waals surface area contributed by atoms with Gasteiger partial charge in [-0.25, -0.2) is 0 Å². The zero-order chi connectivity index (χ0) is 11.7. The first-order chi connectivity index (χ1) is 8.31. The molecule has 2 nitrogen and oxygen atoms in total. The average molecular weight is 229 g/mol. The van der Waals surface area contributed by atoms with E-state index in [0.29, 0.717) is 11.8 Å². The van der Waals surface area contributed by atoms with E-state index in [1.807, 2.05) is 18.2 Å². The highest BCUT2D eigenvalue weighted by Crippen LogP contribution is 2.37. The van der Waals surface area contributed by atoms with Crippen LogP contribution in [0.4, 0.5) is 0 Å². The van der Waals surface area contributed by atoms with E-state index in [-0.39, 0.29) is 5.54 Å². The Labute approximate surface area is 102 Å². The topological polar surface area (TPSA) is 29.1 Å². The summed E-state index contributed by atoms with van der Waals surface area (Å²) in [5.41, 5.74) is 0.789. The number of carbonyl (C=O) groups excluding carboxylic acids is 1. The second kappa shape index (κ2) is 4.26. The maximum absolute atomic E-state index is 12.4. The minimum Gasteiger partial charge on any atom is -0.298 e.